The number of fused-ring (bicyclic) bond motifs is 8. The fourth-order valence-electron chi connectivity index (χ4n) is 6.89. The van der Waals surface area contributed by atoms with E-state index in [2.05, 4.69) is 58.5 Å². The fourth-order valence-corrected chi connectivity index (χ4v) is 7.39. The molecule has 250 valence electrons. The van der Waals surface area contributed by atoms with Crippen LogP contribution in [0.2, 0.25) is 20.1 Å². The van der Waals surface area contributed by atoms with Crippen LogP contribution in [0.15, 0.2) is 121 Å². The first-order valence-corrected chi connectivity index (χ1v) is 18.1. The molecule has 0 saturated heterocycles. The number of benzene rings is 4. The van der Waals surface area contributed by atoms with Crippen molar-refractivity contribution in [2.45, 2.75) is 0 Å². The first-order valence-electron chi connectivity index (χ1n) is 16.6. The van der Waals surface area contributed by atoms with Gasteiger partial charge in [0.1, 0.15) is 0 Å². The van der Waals surface area contributed by atoms with Crippen molar-refractivity contribution in [2.24, 2.45) is 0 Å². The summed E-state index contributed by atoms with van der Waals surface area (Å²) in [5, 5.41) is 2.64. The molecule has 0 unspecified atom stereocenters. The second-order valence-electron chi connectivity index (χ2n) is 12.5. The first-order chi connectivity index (χ1) is 25.4. The Morgan fingerprint density at radius 3 is 0.717 bits per heavy atom. The molecule has 0 saturated carbocycles. The normalized spacial score (nSPS) is 11.8. The third-order valence-corrected chi connectivity index (χ3v) is 10.3. The van der Waals surface area contributed by atoms with Gasteiger partial charge in [0.25, 0.3) is 0 Å². The van der Waals surface area contributed by atoms with E-state index >= 15 is 0 Å². The van der Waals surface area contributed by atoms with Crippen molar-refractivity contribution in [1.82, 2.24) is 9.97 Å². The third kappa shape index (κ3) is 6.86. The number of hydrogen-bond donors (Lipinski definition) is 0. The Labute approximate surface area is 342 Å². The molecule has 0 radical (unpaired) electrons. The van der Waals surface area contributed by atoms with Crippen LogP contribution in [-0.2, 0) is 0 Å². The van der Waals surface area contributed by atoms with Gasteiger partial charge in [-0.25, -0.2) is 9.97 Å². The summed E-state index contributed by atoms with van der Waals surface area (Å²) < 4.78 is 0. The molecule has 0 atom stereocenters. The number of aromatic nitrogens is 4. The van der Waals surface area contributed by atoms with Gasteiger partial charge in [-0.3, -0.25) is 0 Å². The quantitative estimate of drug-likeness (QED) is 0.167. The molecule has 0 amide bonds. The molecule has 3 aromatic heterocycles. The SMILES string of the molecule is Clc1ccc(-c2c3[nH+]c(c(-c4ccc(Cl)cc4)c4ccc([n-]4)c(-c4ccc(Cl)cc4)c4[nH+]c(c(-c5ccc(Cl)cc5)c5ccc2[n-]5)C=C4)C=C3)cc1.[Mg+2]. The smallest absolute Gasteiger partial charge is 0.656 e. The van der Waals surface area contributed by atoms with Gasteiger partial charge in [-0.05, 0) is 70.8 Å². The zero-order valence-corrected chi connectivity index (χ0v) is 32.4. The zero-order chi connectivity index (χ0) is 35.3. The van der Waals surface area contributed by atoms with Crippen LogP contribution in [0.5, 0.6) is 0 Å². The minimum atomic E-state index is 0. The van der Waals surface area contributed by atoms with Crippen LogP contribution in [0.25, 0.3) is 90.9 Å². The van der Waals surface area contributed by atoms with E-state index in [1.165, 1.54) is 0 Å². The van der Waals surface area contributed by atoms with E-state index in [4.69, 9.17) is 56.4 Å². The van der Waals surface area contributed by atoms with Crippen molar-refractivity contribution in [2.75, 3.05) is 0 Å². The van der Waals surface area contributed by atoms with Crippen molar-refractivity contribution in [3.63, 3.8) is 0 Å². The van der Waals surface area contributed by atoms with Crippen LogP contribution in [-0.4, -0.2) is 23.1 Å². The van der Waals surface area contributed by atoms with Crippen molar-refractivity contribution < 1.29 is 9.97 Å². The Bertz CT molecular complexity index is 2370. The number of nitrogens with one attached hydrogen (secondary N) is 2. The van der Waals surface area contributed by atoms with Gasteiger partial charge in [-0.1, -0.05) is 119 Å². The van der Waals surface area contributed by atoms with Crippen LogP contribution < -0.4 is 19.9 Å². The summed E-state index contributed by atoms with van der Waals surface area (Å²) in [6.45, 7) is 0. The molecule has 2 aliphatic rings. The Kier molecular flexibility index (Phi) is 9.81. The maximum atomic E-state index is 6.37. The molecule has 53 heavy (non-hydrogen) atoms. The van der Waals surface area contributed by atoms with Gasteiger partial charge in [0.2, 0.25) is 22.8 Å². The first kappa shape index (κ1) is 35.4. The molecule has 9 rings (SSSR count). The van der Waals surface area contributed by atoms with Crippen LogP contribution in [0.1, 0.15) is 22.8 Å². The molecular formula is C44H26Cl4MgN4+2. The zero-order valence-electron chi connectivity index (χ0n) is 28.0. The number of halogens is 4. The van der Waals surface area contributed by atoms with Crippen molar-refractivity contribution >= 4 is 116 Å². The molecule has 4 aromatic carbocycles. The minimum absolute atomic E-state index is 0. The Balaban J connectivity index is 0.00000400. The van der Waals surface area contributed by atoms with E-state index < -0.39 is 0 Å². The van der Waals surface area contributed by atoms with E-state index in [1.54, 1.807) is 0 Å². The molecule has 0 aliphatic carbocycles. The average molecular weight is 777 g/mol. The van der Waals surface area contributed by atoms with E-state index in [9.17, 15) is 0 Å². The Morgan fingerprint density at radius 1 is 0.302 bits per heavy atom. The third-order valence-electron chi connectivity index (χ3n) is 9.29. The summed E-state index contributed by atoms with van der Waals surface area (Å²) >= 11 is 25.5. The van der Waals surface area contributed by atoms with E-state index in [0.717, 1.165) is 89.4 Å². The van der Waals surface area contributed by atoms with Gasteiger partial charge in [0.05, 0.1) is 0 Å². The molecule has 2 N–H and O–H groups in total. The average Bonchev–Trinajstić information content (AvgIpc) is 3.99. The standard InChI is InChI=1S/C44H24Cl4N4.Mg/c45-29-9-1-25(2-10-29)41-33-17-19-35(49-33)42(26-3-11-30(46)12-4-26)37-21-23-39(51-37)44(28-7-15-32(48)16-8-28)40-24-22-38(52-40)43(36-20-18-34(41)50-36)27-5-13-31(47)14-6-27;/h1-24H;/q-2;+2/p+2. The summed E-state index contributed by atoms with van der Waals surface area (Å²) in [7, 11) is 0. The van der Waals surface area contributed by atoms with E-state index in [0.29, 0.717) is 20.1 Å². The number of hydrogen-bond acceptors (Lipinski definition) is 0. The largest absolute Gasteiger partial charge is 2.00 e. The Morgan fingerprint density at radius 2 is 0.509 bits per heavy atom. The van der Waals surface area contributed by atoms with Crippen LogP contribution in [0.4, 0.5) is 0 Å². The second kappa shape index (κ2) is 14.7. The summed E-state index contributed by atoms with van der Waals surface area (Å²) in [4.78, 5) is 18.1. The topological polar surface area (TPSA) is 56.5 Å². The monoisotopic (exact) mass is 774 g/mol. The number of H-pyrrole nitrogens is 2. The molecule has 9 heteroatoms. The fraction of sp³-hybridized carbons (Fsp3) is 0. The maximum Gasteiger partial charge on any atom is 2.00 e. The molecule has 8 bridgehead atoms. The summed E-state index contributed by atoms with van der Waals surface area (Å²) in [6.07, 6.45) is 8.38. The molecular weight excluding hydrogens is 751 g/mol. The van der Waals surface area contributed by atoms with Crippen LogP contribution in [0, 0.1) is 0 Å². The summed E-state index contributed by atoms with van der Waals surface area (Å²) in [6, 6.07) is 39.7. The summed E-state index contributed by atoms with van der Waals surface area (Å²) in [5.74, 6) is 0. The van der Waals surface area contributed by atoms with Gasteiger partial charge >= 0.3 is 23.1 Å². The van der Waals surface area contributed by atoms with Gasteiger partial charge in [0.15, 0.2) is 0 Å². The van der Waals surface area contributed by atoms with Crippen molar-refractivity contribution in [3.05, 3.63) is 164 Å². The molecule has 0 fully saturated rings. The number of rotatable bonds is 4. The predicted octanol–water partition coefficient (Wildman–Crippen LogP) is 11.7. The molecule has 0 spiro atoms. The second-order valence-corrected chi connectivity index (χ2v) is 14.3. The van der Waals surface area contributed by atoms with Crippen molar-refractivity contribution in [1.29, 1.82) is 0 Å². The van der Waals surface area contributed by atoms with Gasteiger partial charge in [-0.15, -0.1) is 22.1 Å². The maximum absolute atomic E-state index is 6.37. The Hall–Kier alpha value is -4.59. The molecule has 7 aromatic rings. The number of nitrogens with zero attached hydrogens (tertiary/aromatic N) is 2. The summed E-state index contributed by atoms with van der Waals surface area (Å²) in [5.41, 5.74) is 14.5. The number of aromatic amines is 2. The van der Waals surface area contributed by atoms with Gasteiger partial charge in [-0.2, -0.15) is 0 Å². The van der Waals surface area contributed by atoms with Crippen LogP contribution >= 0.6 is 46.4 Å². The van der Waals surface area contributed by atoms with Gasteiger partial charge in [0, 0.05) is 66.6 Å². The molecule has 4 nitrogen and oxygen atoms in total. The minimum Gasteiger partial charge on any atom is -0.656 e. The van der Waals surface area contributed by atoms with Gasteiger partial charge < -0.3 is 9.97 Å². The predicted molar refractivity (Wildman–Crippen MR) is 222 cm³/mol. The van der Waals surface area contributed by atoms with E-state index in [1.807, 2.05) is 97.1 Å². The van der Waals surface area contributed by atoms with E-state index in [-0.39, 0.29) is 23.1 Å². The van der Waals surface area contributed by atoms with Crippen molar-refractivity contribution in [3.8, 4) is 44.5 Å². The van der Waals surface area contributed by atoms with Crippen LogP contribution in [0.3, 0.4) is 0 Å². The molecule has 2 aliphatic heterocycles. The molecule has 5 heterocycles.